The zero-order valence-corrected chi connectivity index (χ0v) is 11.8. The number of hydrogen-bond donors (Lipinski definition) is 1. The molecule has 2 atom stereocenters. The zero-order valence-electron chi connectivity index (χ0n) is 11.1. The SMILES string of the molecule is CCOC(=O)C(O)C(Cl)c1ccc(OC)c(OC)c1. The molecule has 5 nitrogen and oxygen atoms in total. The third-order valence-electron chi connectivity index (χ3n) is 2.53. The number of halogens is 1. The molecule has 1 rings (SSSR count). The minimum Gasteiger partial charge on any atom is -0.493 e. The molecule has 0 saturated heterocycles. The van der Waals surface area contributed by atoms with Gasteiger partial charge in [0.1, 0.15) is 0 Å². The summed E-state index contributed by atoms with van der Waals surface area (Å²) in [7, 11) is 3.01. The summed E-state index contributed by atoms with van der Waals surface area (Å²) in [5.41, 5.74) is 0.542. The van der Waals surface area contributed by atoms with Crippen LogP contribution in [0.15, 0.2) is 18.2 Å². The van der Waals surface area contributed by atoms with Gasteiger partial charge in [-0.15, -0.1) is 11.6 Å². The predicted molar refractivity (Wildman–Crippen MR) is 70.8 cm³/mol. The number of methoxy groups -OCH3 is 2. The van der Waals surface area contributed by atoms with Crippen LogP contribution in [0.5, 0.6) is 11.5 Å². The van der Waals surface area contributed by atoms with Crippen LogP contribution in [0.4, 0.5) is 0 Å². The van der Waals surface area contributed by atoms with E-state index in [4.69, 9.17) is 25.8 Å². The molecule has 106 valence electrons. The number of aliphatic hydroxyl groups excluding tert-OH is 1. The zero-order chi connectivity index (χ0) is 14.4. The Morgan fingerprint density at radius 3 is 2.47 bits per heavy atom. The molecule has 0 saturated carbocycles. The summed E-state index contributed by atoms with van der Waals surface area (Å²) in [6.07, 6.45) is -1.43. The van der Waals surface area contributed by atoms with Gasteiger partial charge < -0.3 is 19.3 Å². The molecule has 0 fully saturated rings. The van der Waals surface area contributed by atoms with Crippen LogP contribution in [-0.4, -0.2) is 38.0 Å². The summed E-state index contributed by atoms with van der Waals surface area (Å²) >= 11 is 6.06. The summed E-state index contributed by atoms with van der Waals surface area (Å²) in [5.74, 6) is 0.264. The van der Waals surface area contributed by atoms with Crippen LogP contribution in [0, 0.1) is 0 Å². The highest BCUT2D eigenvalue weighted by Gasteiger charge is 2.27. The van der Waals surface area contributed by atoms with Crippen molar-refractivity contribution in [1.82, 2.24) is 0 Å². The fraction of sp³-hybridized carbons (Fsp3) is 0.462. The fourth-order valence-corrected chi connectivity index (χ4v) is 1.79. The van der Waals surface area contributed by atoms with E-state index in [-0.39, 0.29) is 6.61 Å². The van der Waals surface area contributed by atoms with E-state index in [9.17, 15) is 9.90 Å². The maximum Gasteiger partial charge on any atom is 0.336 e. The third kappa shape index (κ3) is 3.75. The highest BCUT2D eigenvalue weighted by molar-refractivity contribution is 6.22. The number of rotatable bonds is 6. The number of ether oxygens (including phenoxy) is 3. The van der Waals surface area contributed by atoms with E-state index < -0.39 is 17.5 Å². The molecule has 0 radical (unpaired) electrons. The lowest BCUT2D eigenvalue weighted by Crippen LogP contribution is -2.27. The van der Waals surface area contributed by atoms with Crippen LogP contribution in [0.2, 0.25) is 0 Å². The molecule has 1 aromatic carbocycles. The topological polar surface area (TPSA) is 65.0 Å². The number of aliphatic hydroxyl groups is 1. The lowest BCUT2D eigenvalue weighted by Gasteiger charge is -2.17. The number of benzene rings is 1. The van der Waals surface area contributed by atoms with Crippen LogP contribution >= 0.6 is 11.6 Å². The molecule has 0 amide bonds. The monoisotopic (exact) mass is 288 g/mol. The number of alkyl halides is 1. The van der Waals surface area contributed by atoms with Crippen molar-refractivity contribution in [3.05, 3.63) is 23.8 Å². The average Bonchev–Trinajstić information content (AvgIpc) is 2.45. The van der Waals surface area contributed by atoms with Crippen molar-refractivity contribution in [2.75, 3.05) is 20.8 Å². The Hall–Kier alpha value is -1.46. The van der Waals surface area contributed by atoms with Crippen molar-refractivity contribution < 1.29 is 24.1 Å². The Labute approximate surface area is 117 Å². The highest BCUT2D eigenvalue weighted by atomic mass is 35.5. The van der Waals surface area contributed by atoms with E-state index in [0.717, 1.165) is 0 Å². The van der Waals surface area contributed by atoms with Crippen LogP contribution < -0.4 is 9.47 Å². The van der Waals surface area contributed by atoms with E-state index in [2.05, 4.69) is 0 Å². The average molecular weight is 289 g/mol. The van der Waals surface area contributed by atoms with Crippen LogP contribution in [0.3, 0.4) is 0 Å². The maximum atomic E-state index is 11.4. The quantitative estimate of drug-likeness (QED) is 0.640. The summed E-state index contributed by atoms with van der Waals surface area (Å²) in [6, 6.07) is 4.92. The second kappa shape index (κ2) is 7.21. The molecule has 0 heterocycles. The molecule has 1 aromatic rings. The summed E-state index contributed by atoms with van der Waals surface area (Å²) < 4.78 is 14.9. The fourth-order valence-electron chi connectivity index (χ4n) is 1.55. The first kappa shape index (κ1) is 15.6. The standard InChI is InChI=1S/C13H17ClO5/c1-4-19-13(16)12(15)11(14)8-5-6-9(17-2)10(7-8)18-3/h5-7,11-12,15H,4H2,1-3H3. The Morgan fingerprint density at radius 2 is 1.95 bits per heavy atom. The van der Waals surface area contributed by atoms with Crippen molar-refractivity contribution >= 4 is 17.6 Å². The highest BCUT2D eigenvalue weighted by Crippen LogP contribution is 2.33. The van der Waals surface area contributed by atoms with Gasteiger partial charge >= 0.3 is 5.97 Å². The molecule has 0 spiro atoms. The number of carbonyl (C=O) groups excluding carboxylic acids is 1. The third-order valence-corrected chi connectivity index (χ3v) is 3.02. The smallest absolute Gasteiger partial charge is 0.336 e. The van der Waals surface area contributed by atoms with E-state index >= 15 is 0 Å². The van der Waals surface area contributed by atoms with Gasteiger partial charge in [-0.1, -0.05) is 6.07 Å². The van der Waals surface area contributed by atoms with E-state index in [0.29, 0.717) is 17.1 Å². The lowest BCUT2D eigenvalue weighted by molar-refractivity contribution is -0.153. The normalized spacial score (nSPS) is 13.5. The molecule has 19 heavy (non-hydrogen) atoms. The van der Waals surface area contributed by atoms with Crippen LogP contribution in [0.25, 0.3) is 0 Å². The van der Waals surface area contributed by atoms with E-state index in [1.54, 1.807) is 25.1 Å². The molecule has 0 aliphatic heterocycles. The van der Waals surface area contributed by atoms with Crippen molar-refractivity contribution in [2.45, 2.75) is 18.4 Å². The Bertz CT molecular complexity index is 435. The maximum absolute atomic E-state index is 11.4. The van der Waals surface area contributed by atoms with Gasteiger partial charge in [-0.2, -0.15) is 0 Å². The molecule has 6 heteroatoms. The van der Waals surface area contributed by atoms with Gasteiger partial charge in [0, 0.05) is 0 Å². The van der Waals surface area contributed by atoms with Gasteiger partial charge in [0.25, 0.3) is 0 Å². The summed E-state index contributed by atoms with van der Waals surface area (Å²) in [4.78, 5) is 11.4. The molecular formula is C13H17ClO5. The van der Waals surface area contributed by atoms with Gasteiger partial charge in [0.15, 0.2) is 17.6 Å². The first-order chi connectivity index (χ1) is 9.04. The van der Waals surface area contributed by atoms with E-state index in [1.807, 2.05) is 0 Å². The van der Waals surface area contributed by atoms with Gasteiger partial charge in [0.2, 0.25) is 0 Å². The van der Waals surface area contributed by atoms with Crippen molar-refractivity contribution in [2.24, 2.45) is 0 Å². The Kier molecular flexibility index (Phi) is 5.92. The molecule has 2 unspecified atom stereocenters. The second-order valence-corrected chi connectivity index (χ2v) is 4.18. The number of esters is 1. The molecule has 0 aliphatic rings. The molecule has 1 N–H and O–H groups in total. The molecule has 0 aliphatic carbocycles. The van der Waals surface area contributed by atoms with Gasteiger partial charge in [-0.3, -0.25) is 0 Å². The summed E-state index contributed by atoms with van der Waals surface area (Å²) in [5, 5.41) is 8.86. The predicted octanol–water partition coefficient (Wildman–Crippen LogP) is 1.91. The van der Waals surface area contributed by atoms with Gasteiger partial charge in [-0.05, 0) is 24.6 Å². The van der Waals surface area contributed by atoms with E-state index in [1.165, 1.54) is 14.2 Å². The molecule has 0 bridgehead atoms. The van der Waals surface area contributed by atoms with Crippen molar-refractivity contribution in [3.63, 3.8) is 0 Å². The lowest BCUT2D eigenvalue weighted by atomic mass is 10.1. The minimum atomic E-state index is -1.43. The number of carbonyl (C=O) groups is 1. The summed E-state index contributed by atoms with van der Waals surface area (Å²) in [6.45, 7) is 1.84. The van der Waals surface area contributed by atoms with Crippen molar-refractivity contribution in [3.8, 4) is 11.5 Å². The molecule has 0 aromatic heterocycles. The second-order valence-electron chi connectivity index (χ2n) is 3.71. The van der Waals surface area contributed by atoms with Gasteiger partial charge in [-0.25, -0.2) is 4.79 Å². The molecular weight excluding hydrogens is 272 g/mol. The van der Waals surface area contributed by atoms with Gasteiger partial charge in [0.05, 0.1) is 26.2 Å². The van der Waals surface area contributed by atoms with Crippen molar-refractivity contribution in [1.29, 1.82) is 0 Å². The Morgan fingerprint density at radius 1 is 1.32 bits per heavy atom. The van der Waals surface area contributed by atoms with Crippen LogP contribution in [-0.2, 0) is 9.53 Å². The first-order valence-electron chi connectivity index (χ1n) is 5.75. The largest absolute Gasteiger partial charge is 0.493 e. The minimum absolute atomic E-state index is 0.186. The number of hydrogen-bond acceptors (Lipinski definition) is 5. The Balaban J connectivity index is 2.93. The van der Waals surface area contributed by atoms with Crippen LogP contribution in [0.1, 0.15) is 17.9 Å². The first-order valence-corrected chi connectivity index (χ1v) is 6.19.